The molecule has 2 aromatic heterocycles. The van der Waals surface area contributed by atoms with Crippen molar-refractivity contribution in [2.45, 2.75) is 25.0 Å². The summed E-state index contributed by atoms with van der Waals surface area (Å²) in [5.41, 5.74) is 1.91. The second kappa shape index (κ2) is 7.73. The number of carbonyl (C=O) groups is 1. The second-order valence-electron chi connectivity index (χ2n) is 6.75. The highest BCUT2D eigenvalue weighted by Crippen LogP contribution is 2.38. The van der Waals surface area contributed by atoms with E-state index in [1.54, 1.807) is 37.6 Å². The number of aromatic amines is 1. The maximum absolute atomic E-state index is 13.1. The topological polar surface area (TPSA) is 126 Å². The summed E-state index contributed by atoms with van der Waals surface area (Å²) in [6.07, 6.45) is 2.62. The van der Waals surface area contributed by atoms with Gasteiger partial charge in [-0.15, -0.1) is 10.2 Å². The van der Waals surface area contributed by atoms with Crippen LogP contribution in [-0.2, 0) is 0 Å². The van der Waals surface area contributed by atoms with Gasteiger partial charge in [-0.1, -0.05) is 24.3 Å². The number of benzene rings is 1. The molecule has 1 amide bonds. The lowest BCUT2D eigenvalue weighted by Crippen LogP contribution is -2.41. The van der Waals surface area contributed by atoms with Crippen LogP contribution in [0.25, 0.3) is 11.4 Å². The Morgan fingerprint density at radius 1 is 1.29 bits per heavy atom. The molecule has 1 aromatic carbocycles. The zero-order valence-electron chi connectivity index (χ0n) is 15.2. The van der Waals surface area contributed by atoms with Gasteiger partial charge < -0.3 is 15.2 Å². The zero-order valence-corrected chi connectivity index (χ0v) is 15.2. The summed E-state index contributed by atoms with van der Waals surface area (Å²) in [5, 5.41) is 26.8. The number of aliphatic hydroxyl groups is 1. The summed E-state index contributed by atoms with van der Waals surface area (Å²) in [5.74, 6) is 0.742. The van der Waals surface area contributed by atoms with E-state index in [1.165, 1.54) is 0 Å². The van der Waals surface area contributed by atoms with Gasteiger partial charge in [0.05, 0.1) is 24.8 Å². The molecule has 3 N–H and O–H groups in total. The number of aliphatic hydroxyl groups excluding tert-OH is 1. The van der Waals surface area contributed by atoms with Gasteiger partial charge in [0.15, 0.2) is 0 Å². The van der Waals surface area contributed by atoms with Gasteiger partial charge in [0.25, 0.3) is 5.91 Å². The lowest BCUT2D eigenvalue weighted by Gasteiger charge is -2.38. The Labute approximate surface area is 161 Å². The lowest BCUT2D eigenvalue weighted by atomic mass is 9.75. The minimum absolute atomic E-state index is 0.131. The molecule has 0 radical (unpaired) electrons. The van der Waals surface area contributed by atoms with Crippen molar-refractivity contribution in [3.8, 4) is 17.3 Å². The fourth-order valence-corrected chi connectivity index (χ4v) is 3.44. The van der Waals surface area contributed by atoms with E-state index in [0.717, 1.165) is 5.56 Å². The third-order valence-electron chi connectivity index (χ3n) is 4.99. The SMILES string of the molecule is COc1ccc([C@H](NC(=O)c2ccccc2-c2nn[nH]n2)C2CC(O)C2)cn1. The maximum atomic E-state index is 13.1. The summed E-state index contributed by atoms with van der Waals surface area (Å²) in [6, 6.07) is 10.5. The Balaban J connectivity index is 1.61. The first kappa shape index (κ1) is 18.1. The third-order valence-corrected chi connectivity index (χ3v) is 4.99. The Hall–Kier alpha value is -3.33. The van der Waals surface area contributed by atoms with Crippen molar-refractivity contribution in [1.82, 2.24) is 30.9 Å². The number of rotatable bonds is 6. The molecule has 0 bridgehead atoms. The van der Waals surface area contributed by atoms with E-state index in [9.17, 15) is 9.90 Å². The first-order chi connectivity index (χ1) is 13.7. The zero-order chi connectivity index (χ0) is 19.5. The number of nitrogens with one attached hydrogen (secondary N) is 2. The monoisotopic (exact) mass is 380 g/mol. The fraction of sp³-hybridized carbons (Fsp3) is 0.316. The quantitative estimate of drug-likeness (QED) is 0.592. The van der Waals surface area contributed by atoms with Gasteiger partial charge in [-0.2, -0.15) is 5.21 Å². The van der Waals surface area contributed by atoms with Crippen LogP contribution in [0.3, 0.4) is 0 Å². The Bertz CT molecular complexity index is 939. The van der Waals surface area contributed by atoms with E-state index in [2.05, 4.69) is 30.9 Å². The van der Waals surface area contributed by atoms with Crippen molar-refractivity contribution in [2.24, 2.45) is 5.92 Å². The molecule has 9 nitrogen and oxygen atoms in total. The molecule has 1 fully saturated rings. The molecule has 1 atom stereocenters. The standard InChI is InChI=1S/C19H20N6O3/c1-28-16-7-6-11(10-20-16)17(12-8-13(26)9-12)21-19(27)15-5-3-2-4-14(15)18-22-24-25-23-18/h2-7,10,12-13,17,26H,8-9H2,1H3,(H,21,27)(H,22,23,24,25)/t12?,13?,17-/m0/s1. The van der Waals surface area contributed by atoms with Gasteiger partial charge in [-0.3, -0.25) is 4.79 Å². The van der Waals surface area contributed by atoms with Gasteiger partial charge in [-0.05, 0) is 35.6 Å². The number of pyridine rings is 1. The number of carbonyl (C=O) groups excluding carboxylic acids is 1. The van der Waals surface area contributed by atoms with Crippen LogP contribution in [0.2, 0.25) is 0 Å². The van der Waals surface area contributed by atoms with Crippen LogP contribution < -0.4 is 10.1 Å². The van der Waals surface area contributed by atoms with E-state index < -0.39 is 0 Å². The van der Waals surface area contributed by atoms with Gasteiger partial charge >= 0.3 is 0 Å². The van der Waals surface area contributed by atoms with E-state index in [4.69, 9.17) is 4.74 Å². The highest BCUT2D eigenvalue weighted by molar-refractivity contribution is 6.00. The Morgan fingerprint density at radius 2 is 2.11 bits per heavy atom. The fourth-order valence-electron chi connectivity index (χ4n) is 3.44. The minimum Gasteiger partial charge on any atom is -0.481 e. The lowest BCUT2D eigenvalue weighted by molar-refractivity contribution is 0.0234. The third kappa shape index (κ3) is 3.56. The molecule has 1 aliphatic carbocycles. The number of nitrogens with zero attached hydrogens (tertiary/aromatic N) is 4. The molecular formula is C19H20N6O3. The summed E-state index contributed by atoms with van der Waals surface area (Å²) in [7, 11) is 1.55. The average molecular weight is 380 g/mol. The number of H-pyrrole nitrogens is 1. The normalized spacial score (nSPS) is 19.5. The number of methoxy groups -OCH3 is 1. The van der Waals surface area contributed by atoms with Gasteiger partial charge in [0.1, 0.15) is 0 Å². The number of hydrogen-bond acceptors (Lipinski definition) is 7. The first-order valence-corrected chi connectivity index (χ1v) is 8.97. The van der Waals surface area contributed by atoms with Gasteiger partial charge in [0, 0.05) is 17.8 Å². The molecule has 28 heavy (non-hydrogen) atoms. The molecule has 2 heterocycles. The molecule has 0 unspecified atom stereocenters. The number of hydrogen-bond donors (Lipinski definition) is 3. The van der Waals surface area contributed by atoms with Gasteiger partial charge in [-0.25, -0.2) is 4.98 Å². The number of tetrazole rings is 1. The molecule has 0 spiro atoms. The van der Waals surface area contributed by atoms with Gasteiger partial charge in [0.2, 0.25) is 11.7 Å². The van der Waals surface area contributed by atoms with Crippen LogP contribution in [0.4, 0.5) is 0 Å². The molecule has 0 aliphatic heterocycles. The largest absolute Gasteiger partial charge is 0.481 e. The van der Waals surface area contributed by atoms with E-state index in [0.29, 0.717) is 35.7 Å². The van der Waals surface area contributed by atoms with Crippen LogP contribution in [0.15, 0.2) is 42.6 Å². The van der Waals surface area contributed by atoms with Crippen LogP contribution in [0, 0.1) is 5.92 Å². The molecule has 144 valence electrons. The summed E-state index contributed by atoms with van der Waals surface area (Å²) >= 11 is 0. The minimum atomic E-state index is -0.331. The summed E-state index contributed by atoms with van der Waals surface area (Å²) in [6.45, 7) is 0. The highest BCUT2D eigenvalue weighted by Gasteiger charge is 2.36. The molecule has 9 heteroatoms. The Kier molecular flexibility index (Phi) is 4.98. The number of ether oxygens (including phenoxy) is 1. The summed E-state index contributed by atoms with van der Waals surface area (Å²) < 4.78 is 5.11. The first-order valence-electron chi connectivity index (χ1n) is 8.97. The van der Waals surface area contributed by atoms with Crippen molar-refractivity contribution >= 4 is 5.91 Å². The molecule has 1 saturated carbocycles. The van der Waals surface area contributed by atoms with Crippen molar-refractivity contribution in [2.75, 3.05) is 7.11 Å². The maximum Gasteiger partial charge on any atom is 0.252 e. The smallest absolute Gasteiger partial charge is 0.252 e. The van der Waals surface area contributed by atoms with E-state index in [1.807, 2.05) is 12.1 Å². The summed E-state index contributed by atoms with van der Waals surface area (Å²) in [4.78, 5) is 17.3. The molecule has 4 rings (SSSR count). The number of amides is 1. The van der Waals surface area contributed by atoms with E-state index in [-0.39, 0.29) is 24.0 Å². The van der Waals surface area contributed by atoms with Crippen molar-refractivity contribution in [3.05, 3.63) is 53.7 Å². The predicted octanol–water partition coefficient (Wildman–Crippen LogP) is 1.51. The van der Waals surface area contributed by atoms with Crippen LogP contribution in [0.5, 0.6) is 5.88 Å². The second-order valence-corrected chi connectivity index (χ2v) is 6.75. The average Bonchev–Trinajstić information content (AvgIpc) is 3.25. The van der Waals surface area contributed by atoms with Crippen LogP contribution >= 0.6 is 0 Å². The molecular weight excluding hydrogens is 360 g/mol. The van der Waals surface area contributed by atoms with Crippen molar-refractivity contribution in [1.29, 1.82) is 0 Å². The van der Waals surface area contributed by atoms with Crippen LogP contribution in [-0.4, -0.2) is 49.8 Å². The van der Waals surface area contributed by atoms with Crippen molar-refractivity contribution < 1.29 is 14.6 Å². The molecule has 0 saturated heterocycles. The molecule has 3 aromatic rings. The number of aromatic nitrogens is 5. The van der Waals surface area contributed by atoms with Crippen molar-refractivity contribution in [3.63, 3.8) is 0 Å². The Morgan fingerprint density at radius 3 is 2.75 bits per heavy atom. The predicted molar refractivity (Wildman–Crippen MR) is 99.3 cm³/mol. The van der Waals surface area contributed by atoms with Crippen LogP contribution in [0.1, 0.15) is 34.8 Å². The van der Waals surface area contributed by atoms with E-state index >= 15 is 0 Å². The molecule has 1 aliphatic rings. The highest BCUT2D eigenvalue weighted by atomic mass is 16.5.